The summed E-state index contributed by atoms with van der Waals surface area (Å²) in [5, 5.41) is 6.31. The number of carbonyl (C=O) groups excluding carboxylic acids is 2. The van der Waals surface area contributed by atoms with Crippen LogP contribution in [-0.2, 0) is 19.7 Å². The average Bonchev–Trinajstić information content (AvgIpc) is 2.75. The highest BCUT2D eigenvalue weighted by Crippen LogP contribution is 2.26. The van der Waals surface area contributed by atoms with Gasteiger partial charge in [-0.05, 0) is 13.8 Å². The Labute approximate surface area is 112 Å². The van der Waals surface area contributed by atoms with E-state index in [0.717, 1.165) is 0 Å². The van der Waals surface area contributed by atoms with Crippen LogP contribution in [0.3, 0.4) is 0 Å². The van der Waals surface area contributed by atoms with Gasteiger partial charge in [0.25, 0.3) is 0 Å². The van der Waals surface area contributed by atoms with Gasteiger partial charge in [-0.15, -0.1) is 0 Å². The number of amides is 1. The molecule has 0 aliphatic rings. The first-order valence-electron chi connectivity index (χ1n) is 5.96. The standard InChI is InChI=1S/C13H20N2O4/c1-12(2,3)8-7-9(15-19-8)14-10(16)13(4,5)11(17)18-6/h7H,1-6H3,(H,14,15,16). The summed E-state index contributed by atoms with van der Waals surface area (Å²) < 4.78 is 9.74. The van der Waals surface area contributed by atoms with Crippen LogP contribution in [0.4, 0.5) is 5.82 Å². The quantitative estimate of drug-likeness (QED) is 0.670. The monoisotopic (exact) mass is 268 g/mol. The fraction of sp³-hybridized carbons (Fsp3) is 0.615. The van der Waals surface area contributed by atoms with Crippen LogP contribution in [0.25, 0.3) is 0 Å². The molecule has 0 fully saturated rings. The van der Waals surface area contributed by atoms with E-state index in [1.807, 2.05) is 20.8 Å². The Morgan fingerprint density at radius 1 is 1.26 bits per heavy atom. The second-order valence-corrected chi connectivity index (χ2v) is 5.90. The van der Waals surface area contributed by atoms with Crippen molar-refractivity contribution >= 4 is 17.7 Å². The summed E-state index contributed by atoms with van der Waals surface area (Å²) in [4.78, 5) is 23.5. The first-order valence-corrected chi connectivity index (χ1v) is 5.96. The Balaban J connectivity index is 2.83. The summed E-state index contributed by atoms with van der Waals surface area (Å²) in [6, 6.07) is 1.64. The number of ether oxygens (including phenoxy) is 1. The molecule has 6 nitrogen and oxygen atoms in total. The summed E-state index contributed by atoms with van der Waals surface area (Å²) in [5.74, 6) is -0.164. The number of esters is 1. The van der Waals surface area contributed by atoms with Crippen LogP contribution >= 0.6 is 0 Å². The maximum atomic E-state index is 12.0. The Hall–Kier alpha value is -1.85. The zero-order chi connectivity index (χ0) is 14.8. The molecular formula is C13H20N2O4. The van der Waals surface area contributed by atoms with Gasteiger partial charge in [0.15, 0.2) is 5.82 Å². The van der Waals surface area contributed by atoms with E-state index in [1.165, 1.54) is 21.0 Å². The molecule has 1 amide bonds. The van der Waals surface area contributed by atoms with E-state index in [9.17, 15) is 9.59 Å². The molecule has 0 atom stereocenters. The molecule has 106 valence electrons. The third-order valence-corrected chi connectivity index (χ3v) is 2.75. The summed E-state index contributed by atoms with van der Waals surface area (Å²) in [7, 11) is 1.24. The minimum Gasteiger partial charge on any atom is -0.468 e. The maximum absolute atomic E-state index is 12.0. The zero-order valence-corrected chi connectivity index (χ0v) is 12.2. The summed E-state index contributed by atoms with van der Waals surface area (Å²) in [5.41, 5.74) is -1.48. The van der Waals surface area contributed by atoms with Crippen molar-refractivity contribution in [3.8, 4) is 0 Å². The van der Waals surface area contributed by atoms with Crippen molar-refractivity contribution in [2.45, 2.75) is 40.0 Å². The molecule has 0 spiro atoms. The third-order valence-electron chi connectivity index (χ3n) is 2.75. The summed E-state index contributed by atoms with van der Waals surface area (Å²) in [6.45, 7) is 8.88. The van der Waals surface area contributed by atoms with Gasteiger partial charge in [-0.2, -0.15) is 0 Å². The smallest absolute Gasteiger partial charge is 0.320 e. The van der Waals surface area contributed by atoms with Gasteiger partial charge in [0.1, 0.15) is 11.2 Å². The lowest BCUT2D eigenvalue weighted by Gasteiger charge is -2.19. The molecule has 1 aromatic heterocycles. The van der Waals surface area contributed by atoms with Crippen molar-refractivity contribution in [2.24, 2.45) is 5.41 Å². The van der Waals surface area contributed by atoms with Gasteiger partial charge in [0, 0.05) is 11.5 Å². The maximum Gasteiger partial charge on any atom is 0.320 e. The Morgan fingerprint density at radius 2 is 1.84 bits per heavy atom. The number of hydrogen-bond acceptors (Lipinski definition) is 5. The molecule has 0 aliphatic heterocycles. The van der Waals surface area contributed by atoms with Crippen molar-refractivity contribution in [2.75, 3.05) is 12.4 Å². The normalized spacial score (nSPS) is 12.1. The first-order chi connectivity index (χ1) is 8.59. The Bertz CT molecular complexity index is 483. The lowest BCUT2D eigenvalue weighted by Crippen LogP contribution is -2.38. The number of rotatable bonds is 3. The van der Waals surface area contributed by atoms with Gasteiger partial charge in [-0.1, -0.05) is 25.9 Å². The van der Waals surface area contributed by atoms with Crippen molar-refractivity contribution in [3.05, 3.63) is 11.8 Å². The molecule has 6 heteroatoms. The van der Waals surface area contributed by atoms with E-state index < -0.39 is 17.3 Å². The molecule has 1 aromatic rings. The largest absolute Gasteiger partial charge is 0.468 e. The third kappa shape index (κ3) is 3.33. The highest BCUT2D eigenvalue weighted by Gasteiger charge is 2.37. The van der Waals surface area contributed by atoms with E-state index >= 15 is 0 Å². The van der Waals surface area contributed by atoms with Gasteiger partial charge < -0.3 is 14.6 Å². The van der Waals surface area contributed by atoms with Crippen LogP contribution in [0.5, 0.6) is 0 Å². The molecule has 0 bridgehead atoms. The highest BCUT2D eigenvalue weighted by atomic mass is 16.5. The van der Waals surface area contributed by atoms with Crippen molar-refractivity contribution in [1.29, 1.82) is 0 Å². The van der Waals surface area contributed by atoms with Crippen molar-refractivity contribution < 1.29 is 18.8 Å². The molecule has 0 aliphatic carbocycles. The van der Waals surface area contributed by atoms with E-state index in [4.69, 9.17) is 4.52 Å². The van der Waals surface area contributed by atoms with E-state index in [0.29, 0.717) is 5.76 Å². The van der Waals surface area contributed by atoms with Gasteiger partial charge in [-0.25, -0.2) is 0 Å². The summed E-state index contributed by atoms with van der Waals surface area (Å²) >= 11 is 0. The lowest BCUT2D eigenvalue weighted by molar-refractivity contribution is -0.154. The molecule has 1 rings (SSSR count). The SMILES string of the molecule is COC(=O)C(C)(C)C(=O)Nc1cc(C(C)(C)C)on1. The summed E-state index contributed by atoms with van der Waals surface area (Å²) in [6.07, 6.45) is 0. The number of carbonyl (C=O) groups is 2. The van der Waals surface area contributed by atoms with Crippen LogP contribution in [0, 0.1) is 5.41 Å². The molecule has 0 unspecified atom stereocenters. The van der Waals surface area contributed by atoms with Crippen LogP contribution in [0.2, 0.25) is 0 Å². The first kappa shape index (κ1) is 15.2. The zero-order valence-electron chi connectivity index (χ0n) is 12.2. The van der Waals surface area contributed by atoms with Gasteiger partial charge in [0.05, 0.1) is 7.11 Å². The fourth-order valence-electron chi connectivity index (χ4n) is 1.31. The fourth-order valence-corrected chi connectivity index (χ4v) is 1.31. The molecule has 0 saturated heterocycles. The van der Waals surface area contributed by atoms with Crippen molar-refractivity contribution in [1.82, 2.24) is 5.16 Å². The minimum absolute atomic E-state index is 0.201. The van der Waals surface area contributed by atoms with Crippen LogP contribution in [0.15, 0.2) is 10.6 Å². The van der Waals surface area contributed by atoms with Crippen LogP contribution < -0.4 is 5.32 Å². The highest BCUT2D eigenvalue weighted by molar-refractivity contribution is 6.07. The van der Waals surface area contributed by atoms with Gasteiger partial charge in [0.2, 0.25) is 5.91 Å². The Kier molecular flexibility index (Phi) is 4.03. The topological polar surface area (TPSA) is 81.4 Å². The number of anilines is 1. The van der Waals surface area contributed by atoms with Crippen LogP contribution in [-0.4, -0.2) is 24.1 Å². The van der Waals surface area contributed by atoms with E-state index in [-0.39, 0.29) is 11.2 Å². The predicted molar refractivity (Wildman–Crippen MR) is 69.6 cm³/mol. The van der Waals surface area contributed by atoms with Crippen molar-refractivity contribution in [3.63, 3.8) is 0 Å². The molecule has 0 radical (unpaired) electrons. The lowest BCUT2D eigenvalue weighted by atomic mass is 9.92. The number of aromatic nitrogens is 1. The van der Waals surface area contributed by atoms with E-state index in [2.05, 4.69) is 15.2 Å². The minimum atomic E-state index is -1.28. The van der Waals surface area contributed by atoms with Crippen LogP contribution in [0.1, 0.15) is 40.4 Å². The Morgan fingerprint density at radius 3 is 2.26 bits per heavy atom. The van der Waals surface area contributed by atoms with Gasteiger partial charge >= 0.3 is 5.97 Å². The number of nitrogens with one attached hydrogen (secondary N) is 1. The molecule has 1 N–H and O–H groups in total. The average molecular weight is 268 g/mol. The molecular weight excluding hydrogens is 248 g/mol. The molecule has 0 aromatic carbocycles. The number of hydrogen-bond donors (Lipinski definition) is 1. The molecule has 19 heavy (non-hydrogen) atoms. The molecule has 1 heterocycles. The van der Waals surface area contributed by atoms with E-state index in [1.54, 1.807) is 6.07 Å². The second-order valence-electron chi connectivity index (χ2n) is 5.90. The number of methoxy groups -OCH3 is 1. The van der Waals surface area contributed by atoms with Gasteiger partial charge in [-0.3, -0.25) is 9.59 Å². The number of nitrogens with zero attached hydrogens (tertiary/aromatic N) is 1. The molecule has 0 saturated carbocycles. The predicted octanol–water partition coefficient (Wildman–Crippen LogP) is 2.11. The second kappa shape index (κ2) is 5.03.